The van der Waals surface area contributed by atoms with E-state index in [9.17, 15) is 4.79 Å². The van der Waals surface area contributed by atoms with Gasteiger partial charge in [0.25, 0.3) is 5.91 Å². The fraction of sp³-hybridized carbons (Fsp3) is 0.100. The summed E-state index contributed by atoms with van der Waals surface area (Å²) in [6.45, 7) is 0.594. The average Bonchev–Trinajstić information content (AvgIpc) is 2.67. The summed E-state index contributed by atoms with van der Waals surface area (Å²) in [7, 11) is 1.64. The maximum Gasteiger partial charge on any atom is 0.255 e. The van der Waals surface area contributed by atoms with Crippen molar-refractivity contribution in [1.82, 2.24) is 4.98 Å². The number of nitrogens with zero attached hydrogens (tertiary/aromatic N) is 1. The third kappa shape index (κ3) is 4.74. The van der Waals surface area contributed by atoms with Crippen LogP contribution < -0.4 is 15.4 Å². The Kier molecular flexibility index (Phi) is 5.71. The molecule has 2 aromatic carbocycles. The number of ether oxygens (including phenoxy) is 1. The maximum absolute atomic E-state index is 12.4. The standard InChI is InChI=1S/C20H18ClN3O2/c1-26-18-7-5-14(6-8-18)13-23-19-11-15(9-10-22-19)20(25)24-17-4-2-3-16(21)12-17/h2-12H,13H2,1H3,(H,22,23)(H,24,25). The van der Waals surface area contributed by atoms with Gasteiger partial charge in [0.05, 0.1) is 7.11 Å². The largest absolute Gasteiger partial charge is 0.497 e. The van der Waals surface area contributed by atoms with Gasteiger partial charge in [-0.1, -0.05) is 29.8 Å². The summed E-state index contributed by atoms with van der Waals surface area (Å²) in [4.78, 5) is 16.7. The number of pyridine rings is 1. The molecule has 0 aliphatic rings. The second-order valence-corrected chi connectivity index (χ2v) is 6.03. The summed E-state index contributed by atoms with van der Waals surface area (Å²) in [6.07, 6.45) is 1.60. The van der Waals surface area contributed by atoms with E-state index in [0.29, 0.717) is 28.6 Å². The molecule has 132 valence electrons. The highest BCUT2D eigenvalue weighted by Crippen LogP contribution is 2.17. The van der Waals surface area contributed by atoms with Gasteiger partial charge in [0.2, 0.25) is 0 Å². The van der Waals surface area contributed by atoms with Crippen LogP contribution in [0, 0.1) is 0 Å². The Labute approximate surface area is 157 Å². The fourth-order valence-electron chi connectivity index (χ4n) is 2.37. The monoisotopic (exact) mass is 367 g/mol. The third-order valence-electron chi connectivity index (χ3n) is 3.74. The van der Waals surface area contributed by atoms with E-state index in [0.717, 1.165) is 11.3 Å². The van der Waals surface area contributed by atoms with Gasteiger partial charge in [-0.2, -0.15) is 0 Å². The number of aromatic nitrogens is 1. The number of hydrogen-bond donors (Lipinski definition) is 2. The molecule has 1 heterocycles. The van der Waals surface area contributed by atoms with E-state index >= 15 is 0 Å². The van der Waals surface area contributed by atoms with Crippen molar-refractivity contribution in [3.63, 3.8) is 0 Å². The van der Waals surface area contributed by atoms with Gasteiger partial charge < -0.3 is 15.4 Å². The van der Waals surface area contributed by atoms with Crippen LogP contribution in [0.1, 0.15) is 15.9 Å². The van der Waals surface area contributed by atoms with Crippen LogP contribution in [0.2, 0.25) is 5.02 Å². The van der Waals surface area contributed by atoms with Crippen LogP contribution in [0.15, 0.2) is 66.9 Å². The Morgan fingerprint density at radius 3 is 2.65 bits per heavy atom. The molecule has 1 amide bonds. The summed E-state index contributed by atoms with van der Waals surface area (Å²) in [5.41, 5.74) is 2.24. The van der Waals surface area contributed by atoms with Crippen molar-refractivity contribution in [3.8, 4) is 5.75 Å². The van der Waals surface area contributed by atoms with E-state index in [1.165, 1.54) is 0 Å². The summed E-state index contributed by atoms with van der Waals surface area (Å²) < 4.78 is 5.14. The summed E-state index contributed by atoms with van der Waals surface area (Å²) in [6, 6.07) is 18.2. The molecule has 0 bridgehead atoms. The molecular formula is C20H18ClN3O2. The zero-order chi connectivity index (χ0) is 18.4. The molecule has 0 radical (unpaired) electrons. The molecule has 3 aromatic rings. The van der Waals surface area contributed by atoms with E-state index in [4.69, 9.17) is 16.3 Å². The number of carbonyl (C=O) groups is 1. The number of anilines is 2. The highest BCUT2D eigenvalue weighted by atomic mass is 35.5. The Morgan fingerprint density at radius 1 is 1.12 bits per heavy atom. The molecule has 0 fully saturated rings. The second-order valence-electron chi connectivity index (χ2n) is 5.60. The van der Waals surface area contributed by atoms with Crippen LogP contribution in [-0.4, -0.2) is 18.0 Å². The first kappa shape index (κ1) is 17.8. The zero-order valence-electron chi connectivity index (χ0n) is 14.2. The number of carbonyl (C=O) groups excluding carboxylic acids is 1. The SMILES string of the molecule is COc1ccc(CNc2cc(C(=O)Nc3cccc(Cl)c3)ccn2)cc1. The number of benzene rings is 2. The van der Waals surface area contributed by atoms with E-state index in [1.54, 1.807) is 49.7 Å². The van der Waals surface area contributed by atoms with Crippen LogP contribution in [0.5, 0.6) is 5.75 Å². The van der Waals surface area contributed by atoms with Gasteiger partial charge in [-0.05, 0) is 48.0 Å². The number of rotatable bonds is 6. The lowest BCUT2D eigenvalue weighted by molar-refractivity contribution is 0.102. The van der Waals surface area contributed by atoms with Gasteiger partial charge in [0.15, 0.2) is 0 Å². The molecule has 0 aliphatic carbocycles. The summed E-state index contributed by atoms with van der Waals surface area (Å²) >= 11 is 5.94. The van der Waals surface area contributed by atoms with Gasteiger partial charge in [-0.3, -0.25) is 4.79 Å². The van der Waals surface area contributed by atoms with E-state index < -0.39 is 0 Å². The predicted octanol–water partition coefficient (Wildman–Crippen LogP) is 4.61. The van der Waals surface area contributed by atoms with E-state index in [1.807, 2.05) is 24.3 Å². The van der Waals surface area contributed by atoms with Crippen LogP contribution in [0.3, 0.4) is 0 Å². The van der Waals surface area contributed by atoms with Gasteiger partial charge in [0, 0.05) is 29.0 Å². The van der Waals surface area contributed by atoms with Crippen LogP contribution >= 0.6 is 11.6 Å². The Hall–Kier alpha value is -3.05. The van der Waals surface area contributed by atoms with Crippen LogP contribution in [-0.2, 0) is 6.54 Å². The average molecular weight is 368 g/mol. The lowest BCUT2D eigenvalue weighted by atomic mass is 10.2. The maximum atomic E-state index is 12.4. The normalized spacial score (nSPS) is 10.2. The first-order valence-electron chi connectivity index (χ1n) is 8.04. The molecule has 1 aromatic heterocycles. The fourth-order valence-corrected chi connectivity index (χ4v) is 2.56. The predicted molar refractivity (Wildman–Crippen MR) is 104 cm³/mol. The molecule has 3 rings (SSSR count). The van der Waals surface area contributed by atoms with Crippen molar-refractivity contribution in [2.75, 3.05) is 17.7 Å². The number of hydrogen-bond acceptors (Lipinski definition) is 4. The highest BCUT2D eigenvalue weighted by molar-refractivity contribution is 6.30. The van der Waals surface area contributed by atoms with Crippen molar-refractivity contribution in [2.24, 2.45) is 0 Å². The summed E-state index contributed by atoms with van der Waals surface area (Å²) in [5.74, 6) is 1.22. The van der Waals surface area contributed by atoms with E-state index in [2.05, 4.69) is 15.6 Å². The Balaban J connectivity index is 1.64. The summed E-state index contributed by atoms with van der Waals surface area (Å²) in [5, 5.41) is 6.60. The number of amides is 1. The smallest absolute Gasteiger partial charge is 0.255 e. The number of methoxy groups -OCH3 is 1. The molecule has 0 saturated heterocycles. The first-order chi connectivity index (χ1) is 12.6. The van der Waals surface area contributed by atoms with Crippen molar-refractivity contribution in [1.29, 1.82) is 0 Å². The van der Waals surface area contributed by atoms with Crippen molar-refractivity contribution >= 4 is 29.0 Å². The minimum absolute atomic E-state index is 0.220. The van der Waals surface area contributed by atoms with Gasteiger partial charge in [-0.15, -0.1) is 0 Å². The van der Waals surface area contributed by atoms with Crippen LogP contribution in [0.4, 0.5) is 11.5 Å². The van der Waals surface area contributed by atoms with Crippen molar-refractivity contribution in [3.05, 3.63) is 83.0 Å². The quantitative estimate of drug-likeness (QED) is 0.668. The third-order valence-corrected chi connectivity index (χ3v) is 3.97. The van der Waals surface area contributed by atoms with Crippen LogP contribution in [0.25, 0.3) is 0 Å². The molecule has 0 spiro atoms. The molecule has 6 heteroatoms. The zero-order valence-corrected chi connectivity index (χ0v) is 15.0. The molecular weight excluding hydrogens is 350 g/mol. The van der Waals surface area contributed by atoms with E-state index in [-0.39, 0.29) is 5.91 Å². The first-order valence-corrected chi connectivity index (χ1v) is 8.41. The van der Waals surface area contributed by atoms with Crippen molar-refractivity contribution in [2.45, 2.75) is 6.54 Å². The Bertz CT molecular complexity index is 898. The molecule has 0 saturated carbocycles. The minimum atomic E-state index is -0.220. The highest BCUT2D eigenvalue weighted by Gasteiger charge is 2.08. The van der Waals surface area contributed by atoms with Crippen molar-refractivity contribution < 1.29 is 9.53 Å². The second kappa shape index (κ2) is 8.36. The topological polar surface area (TPSA) is 63.2 Å². The molecule has 26 heavy (non-hydrogen) atoms. The van der Waals surface area contributed by atoms with Gasteiger partial charge in [0.1, 0.15) is 11.6 Å². The molecule has 0 atom stereocenters. The molecule has 2 N–H and O–H groups in total. The Morgan fingerprint density at radius 2 is 1.92 bits per heavy atom. The molecule has 0 aliphatic heterocycles. The molecule has 0 unspecified atom stereocenters. The lowest BCUT2D eigenvalue weighted by Crippen LogP contribution is -2.12. The minimum Gasteiger partial charge on any atom is -0.497 e. The molecule has 5 nitrogen and oxygen atoms in total. The number of halogens is 1. The van der Waals surface area contributed by atoms with Gasteiger partial charge in [-0.25, -0.2) is 4.98 Å². The van der Waals surface area contributed by atoms with Gasteiger partial charge >= 0.3 is 0 Å². The lowest BCUT2D eigenvalue weighted by Gasteiger charge is -2.09. The number of nitrogens with one attached hydrogen (secondary N) is 2.